The number of hydrogen-bond acceptors (Lipinski definition) is 3. The Kier molecular flexibility index (Phi) is 3.98. The second-order valence-electron chi connectivity index (χ2n) is 5.29. The quantitative estimate of drug-likeness (QED) is 0.780. The van der Waals surface area contributed by atoms with Gasteiger partial charge in [-0.25, -0.2) is 9.78 Å². The largest absolute Gasteiger partial charge is 0.494 e. The molecule has 0 aliphatic rings. The predicted octanol–water partition coefficient (Wildman–Crippen LogP) is 4.31. The second-order valence-corrected chi connectivity index (χ2v) is 5.29. The maximum absolute atomic E-state index is 11.6. The standard InChI is InChI=1S/C19H17NO3/c1-3-23-14-9-7-13(8-10-14)17-11-16(19(21)22)15-6-4-5-12(2)18(15)20-17/h4-11H,3H2,1-2H3,(H,21,22). The number of carboxylic acids is 1. The van der Waals surface area contributed by atoms with Crippen LogP contribution in [0.4, 0.5) is 0 Å². The van der Waals surface area contributed by atoms with Crippen LogP contribution in [0.25, 0.3) is 22.2 Å². The van der Waals surface area contributed by atoms with E-state index in [2.05, 4.69) is 4.98 Å². The highest BCUT2D eigenvalue weighted by Crippen LogP contribution is 2.27. The molecule has 0 bridgehead atoms. The van der Waals surface area contributed by atoms with Gasteiger partial charge in [-0.2, -0.15) is 0 Å². The second kappa shape index (κ2) is 6.08. The molecule has 1 N–H and O–H groups in total. The van der Waals surface area contributed by atoms with Gasteiger partial charge in [0, 0.05) is 10.9 Å². The van der Waals surface area contributed by atoms with Crippen molar-refractivity contribution >= 4 is 16.9 Å². The Bertz CT molecular complexity index is 870. The zero-order chi connectivity index (χ0) is 16.4. The molecule has 0 fully saturated rings. The summed E-state index contributed by atoms with van der Waals surface area (Å²) in [5, 5.41) is 10.2. The molecule has 2 aromatic carbocycles. The predicted molar refractivity (Wildman–Crippen MR) is 90.0 cm³/mol. The van der Waals surface area contributed by atoms with E-state index >= 15 is 0 Å². The van der Waals surface area contributed by atoms with Crippen LogP contribution in [-0.2, 0) is 0 Å². The number of fused-ring (bicyclic) bond motifs is 1. The van der Waals surface area contributed by atoms with Crippen LogP contribution in [0.1, 0.15) is 22.8 Å². The molecule has 3 rings (SSSR count). The van der Waals surface area contributed by atoms with Gasteiger partial charge in [0.25, 0.3) is 0 Å². The molecule has 4 heteroatoms. The van der Waals surface area contributed by atoms with E-state index in [-0.39, 0.29) is 5.56 Å². The van der Waals surface area contributed by atoms with Gasteiger partial charge >= 0.3 is 5.97 Å². The highest BCUT2D eigenvalue weighted by atomic mass is 16.5. The molecular formula is C19H17NO3. The molecule has 116 valence electrons. The minimum atomic E-state index is -0.949. The number of aryl methyl sites for hydroxylation is 1. The molecule has 0 radical (unpaired) electrons. The number of pyridine rings is 1. The number of rotatable bonds is 4. The number of carboxylic acid groups (broad SMARTS) is 1. The Morgan fingerprint density at radius 2 is 1.91 bits per heavy atom. The van der Waals surface area contributed by atoms with E-state index in [9.17, 15) is 9.90 Å². The molecule has 0 saturated heterocycles. The molecule has 1 aromatic heterocycles. The maximum Gasteiger partial charge on any atom is 0.336 e. The number of nitrogens with zero attached hydrogens (tertiary/aromatic N) is 1. The van der Waals surface area contributed by atoms with Gasteiger partial charge in [0.15, 0.2) is 0 Å². The normalized spacial score (nSPS) is 10.7. The number of carbonyl (C=O) groups is 1. The van der Waals surface area contributed by atoms with Crippen molar-refractivity contribution in [1.82, 2.24) is 4.98 Å². The van der Waals surface area contributed by atoms with Crippen molar-refractivity contribution in [3.8, 4) is 17.0 Å². The van der Waals surface area contributed by atoms with Gasteiger partial charge in [-0.1, -0.05) is 18.2 Å². The third-order valence-electron chi connectivity index (χ3n) is 3.73. The highest BCUT2D eigenvalue weighted by molar-refractivity contribution is 6.04. The number of hydrogen-bond donors (Lipinski definition) is 1. The molecule has 0 saturated carbocycles. The van der Waals surface area contributed by atoms with Gasteiger partial charge < -0.3 is 9.84 Å². The first-order valence-electron chi connectivity index (χ1n) is 7.47. The van der Waals surface area contributed by atoms with Crippen molar-refractivity contribution in [2.45, 2.75) is 13.8 Å². The van der Waals surface area contributed by atoms with Crippen LogP contribution in [0.3, 0.4) is 0 Å². The summed E-state index contributed by atoms with van der Waals surface area (Å²) in [4.78, 5) is 16.3. The van der Waals surface area contributed by atoms with E-state index in [1.807, 2.05) is 50.2 Å². The first kappa shape index (κ1) is 15.0. The summed E-state index contributed by atoms with van der Waals surface area (Å²) in [7, 11) is 0. The number of ether oxygens (including phenoxy) is 1. The van der Waals surface area contributed by atoms with Crippen molar-refractivity contribution in [2.24, 2.45) is 0 Å². The van der Waals surface area contributed by atoms with E-state index in [1.54, 1.807) is 12.1 Å². The summed E-state index contributed by atoms with van der Waals surface area (Å²) < 4.78 is 5.43. The smallest absolute Gasteiger partial charge is 0.336 e. The van der Waals surface area contributed by atoms with Gasteiger partial charge in [0.2, 0.25) is 0 Å². The maximum atomic E-state index is 11.6. The highest BCUT2D eigenvalue weighted by Gasteiger charge is 2.14. The van der Waals surface area contributed by atoms with Crippen molar-refractivity contribution in [3.63, 3.8) is 0 Å². The third kappa shape index (κ3) is 2.88. The summed E-state index contributed by atoms with van der Waals surface area (Å²) in [5.41, 5.74) is 3.45. The molecule has 0 atom stereocenters. The first-order valence-corrected chi connectivity index (χ1v) is 7.47. The number of para-hydroxylation sites is 1. The monoisotopic (exact) mass is 307 g/mol. The van der Waals surface area contributed by atoms with Gasteiger partial charge in [-0.3, -0.25) is 0 Å². The Labute approximate surface area is 134 Å². The van der Waals surface area contributed by atoms with Crippen LogP contribution in [0.2, 0.25) is 0 Å². The van der Waals surface area contributed by atoms with E-state index in [4.69, 9.17) is 4.74 Å². The molecule has 3 aromatic rings. The van der Waals surface area contributed by atoms with Crippen molar-refractivity contribution < 1.29 is 14.6 Å². The van der Waals surface area contributed by atoms with Crippen LogP contribution in [-0.4, -0.2) is 22.7 Å². The molecule has 0 unspecified atom stereocenters. The van der Waals surface area contributed by atoms with Crippen LogP contribution in [0.5, 0.6) is 5.75 Å². The van der Waals surface area contributed by atoms with Gasteiger partial charge in [-0.15, -0.1) is 0 Å². The summed E-state index contributed by atoms with van der Waals surface area (Å²) in [6.07, 6.45) is 0. The van der Waals surface area contributed by atoms with Crippen LogP contribution >= 0.6 is 0 Å². The molecule has 23 heavy (non-hydrogen) atoms. The fourth-order valence-corrected chi connectivity index (χ4v) is 2.61. The summed E-state index contributed by atoms with van der Waals surface area (Å²) in [6, 6.07) is 14.7. The lowest BCUT2D eigenvalue weighted by molar-refractivity contribution is 0.0699. The van der Waals surface area contributed by atoms with Crippen molar-refractivity contribution in [1.29, 1.82) is 0 Å². The molecule has 0 aliphatic heterocycles. The Balaban J connectivity index is 2.17. The van der Waals surface area contributed by atoms with Crippen LogP contribution in [0, 0.1) is 6.92 Å². The minimum absolute atomic E-state index is 0.266. The van der Waals surface area contributed by atoms with Crippen LogP contribution < -0.4 is 4.74 Å². The molecule has 0 spiro atoms. The number of aromatic carboxylic acids is 1. The fraction of sp³-hybridized carbons (Fsp3) is 0.158. The zero-order valence-corrected chi connectivity index (χ0v) is 13.0. The average Bonchev–Trinajstić information content (AvgIpc) is 2.55. The average molecular weight is 307 g/mol. The van der Waals surface area contributed by atoms with Crippen molar-refractivity contribution in [3.05, 3.63) is 59.7 Å². The van der Waals surface area contributed by atoms with Crippen molar-refractivity contribution in [2.75, 3.05) is 6.61 Å². The summed E-state index contributed by atoms with van der Waals surface area (Å²) >= 11 is 0. The fourth-order valence-electron chi connectivity index (χ4n) is 2.61. The number of aromatic nitrogens is 1. The lowest BCUT2D eigenvalue weighted by atomic mass is 10.0. The Morgan fingerprint density at radius 1 is 1.17 bits per heavy atom. The molecule has 1 heterocycles. The SMILES string of the molecule is CCOc1ccc(-c2cc(C(=O)O)c3cccc(C)c3n2)cc1. The molecule has 0 amide bonds. The van der Waals surface area contributed by atoms with E-state index in [1.165, 1.54) is 0 Å². The zero-order valence-electron chi connectivity index (χ0n) is 13.0. The topological polar surface area (TPSA) is 59.4 Å². The Hall–Kier alpha value is -2.88. The van der Waals surface area contributed by atoms with Gasteiger partial charge in [0.1, 0.15) is 5.75 Å². The molecule has 0 aliphatic carbocycles. The van der Waals surface area contributed by atoms with Gasteiger partial charge in [-0.05, 0) is 49.7 Å². The lowest BCUT2D eigenvalue weighted by Crippen LogP contribution is -2.01. The summed E-state index contributed by atoms with van der Waals surface area (Å²) in [5.74, 6) is -0.165. The summed E-state index contributed by atoms with van der Waals surface area (Å²) in [6.45, 7) is 4.47. The van der Waals surface area contributed by atoms with E-state index < -0.39 is 5.97 Å². The van der Waals surface area contributed by atoms with E-state index in [0.717, 1.165) is 22.4 Å². The Morgan fingerprint density at radius 3 is 2.57 bits per heavy atom. The molecule has 4 nitrogen and oxygen atoms in total. The number of benzene rings is 2. The van der Waals surface area contributed by atoms with E-state index in [0.29, 0.717) is 17.7 Å². The lowest BCUT2D eigenvalue weighted by Gasteiger charge is -2.10. The minimum Gasteiger partial charge on any atom is -0.494 e. The molecular weight excluding hydrogens is 290 g/mol. The van der Waals surface area contributed by atoms with Gasteiger partial charge in [0.05, 0.1) is 23.4 Å². The van der Waals surface area contributed by atoms with Crippen LogP contribution in [0.15, 0.2) is 48.5 Å². The third-order valence-corrected chi connectivity index (χ3v) is 3.73. The first-order chi connectivity index (χ1) is 11.1.